The predicted octanol–water partition coefficient (Wildman–Crippen LogP) is 5.78. The smallest absolute Gasteiger partial charge is 0.321 e. The molecular weight excluding hydrogens is 402 g/mol. The second-order valence-electron chi connectivity index (χ2n) is 5.95. The van der Waals surface area contributed by atoms with E-state index < -0.39 is 17.6 Å². The Hall–Kier alpha value is -2.25. The summed E-state index contributed by atoms with van der Waals surface area (Å²) in [6.07, 6.45) is -3.44. The van der Waals surface area contributed by atoms with Crippen molar-refractivity contribution in [3.05, 3.63) is 63.0 Å². The highest BCUT2D eigenvalue weighted by molar-refractivity contribution is 6.33. The molecule has 0 saturated heterocycles. The maximum absolute atomic E-state index is 13.1. The molecule has 0 spiro atoms. The Kier molecular flexibility index (Phi) is 5.10. The van der Waals surface area contributed by atoms with E-state index in [4.69, 9.17) is 23.2 Å². The number of nitrogens with one attached hydrogen (secondary N) is 1. The van der Waals surface area contributed by atoms with E-state index in [2.05, 4.69) is 10.3 Å². The van der Waals surface area contributed by atoms with Crippen LogP contribution in [-0.2, 0) is 12.6 Å². The molecule has 1 N–H and O–H groups in total. The molecule has 0 bridgehead atoms. The molecule has 2 aromatic heterocycles. The number of aromatic nitrogens is 2. The molecule has 0 saturated carbocycles. The van der Waals surface area contributed by atoms with Gasteiger partial charge in [0.15, 0.2) is 5.65 Å². The number of hydrogen-bond acceptors (Lipinski definition) is 2. The number of imidazole rings is 1. The summed E-state index contributed by atoms with van der Waals surface area (Å²) in [5.41, 5.74) is 0.719. The van der Waals surface area contributed by atoms with E-state index in [1.54, 1.807) is 25.1 Å². The van der Waals surface area contributed by atoms with Crippen LogP contribution >= 0.6 is 23.2 Å². The number of benzene rings is 1. The summed E-state index contributed by atoms with van der Waals surface area (Å²) in [5, 5.41) is 2.93. The van der Waals surface area contributed by atoms with Gasteiger partial charge < -0.3 is 5.32 Å². The van der Waals surface area contributed by atoms with Crippen LogP contribution in [0.25, 0.3) is 5.65 Å². The summed E-state index contributed by atoms with van der Waals surface area (Å²) in [5.74, 6) is -0.602. The van der Waals surface area contributed by atoms with Gasteiger partial charge >= 0.3 is 6.18 Å². The molecule has 3 aromatic rings. The van der Waals surface area contributed by atoms with Crippen molar-refractivity contribution < 1.29 is 18.0 Å². The number of nitrogens with zero attached hydrogens (tertiary/aromatic N) is 2. The van der Waals surface area contributed by atoms with Gasteiger partial charge in [0, 0.05) is 16.9 Å². The fraction of sp³-hybridized carbons (Fsp3) is 0.222. The van der Waals surface area contributed by atoms with Crippen molar-refractivity contribution in [3.63, 3.8) is 0 Å². The van der Waals surface area contributed by atoms with Crippen LogP contribution in [0.5, 0.6) is 0 Å². The second-order valence-corrected chi connectivity index (χ2v) is 6.76. The Balaban J connectivity index is 2.12. The van der Waals surface area contributed by atoms with Gasteiger partial charge in [-0.15, -0.1) is 0 Å². The quantitative estimate of drug-likeness (QED) is 0.588. The van der Waals surface area contributed by atoms with Crippen molar-refractivity contribution in [1.29, 1.82) is 0 Å². The summed E-state index contributed by atoms with van der Waals surface area (Å²) >= 11 is 12.0. The normalized spacial score (nSPS) is 11.8. The molecule has 0 aliphatic heterocycles. The first kappa shape index (κ1) is 19.5. The van der Waals surface area contributed by atoms with Crippen LogP contribution in [-0.4, -0.2) is 15.3 Å². The zero-order chi connectivity index (χ0) is 19.9. The van der Waals surface area contributed by atoms with Crippen molar-refractivity contribution in [1.82, 2.24) is 9.38 Å². The average molecular weight is 416 g/mol. The highest BCUT2D eigenvalue weighted by atomic mass is 35.5. The fourth-order valence-electron chi connectivity index (χ4n) is 2.65. The Morgan fingerprint density at radius 3 is 2.52 bits per heavy atom. The first-order valence-corrected chi connectivity index (χ1v) is 8.72. The van der Waals surface area contributed by atoms with E-state index in [1.165, 1.54) is 0 Å². The summed E-state index contributed by atoms with van der Waals surface area (Å²) in [4.78, 5) is 17.0. The summed E-state index contributed by atoms with van der Waals surface area (Å²) in [6, 6.07) is 5.75. The molecule has 0 radical (unpaired) electrons. The minimum atomic E-state index is -4.60. The maximum atomic E-state index is 13.1. The van der Waals surface area contributed by atoms with Crippen LogP contribution in [0.2, 0.25) is 10.0 Å². The minimum Gasteiger partial charge on any atom is -0.321 e. The van der Waals surface area contributed by atoms with E-state index in [-0.39, 0.29) is 16.4 Å². The van der Waals surface area contributed by atoms with Crippen LogP contribution in [0, 0.1) is 6.92 Å². The second kappa shape index (κ2) is 7.05. The predicted molar refractivity (Wildman–Crippen MR) is 98.7 cm³/mol. The van der Waals surface area contributed by atoms with E-state index in [9.17, 15) is 18.0 Å². The van der Waals surface area contributed by atoms with Crippen molar-refractivity contribution in [2.24, 2.45) is 0 Å². The molecule has 0 aliphatic rings. The standard InChI is InChI=1S/C18H14Cl2F3N3O/c1-3-14-15(17(27)24-11-5-4-9(2)12(19)7-11)26-8-10(18(21,22)23)6-13(20)16(26)25-14/h4-8H,3H2,1-2H3,(H,24,27). The van der Waals surface area contributed by atoms with Gasteiger partial charge in [-0.2, -0.15) is 13.2 Å². The zero-order valence-electron chi connectivity index (χ0n) is 14.3. The van der Waals surface area contributed by atoms with Crippen LogP contribution < -0.4 is 5.32 Å². The number of amides is 1. The molecule has 0 unspecified atom stereocenters. The van der Waals surface area contributed by atoms with Crippen molar-refractivity contribution >= 4 is 40.4 Å². The van der Waals surface area contributed by atoms with E-state index in [1.807, 2.05) is 6.92 Å². The number of aryl methyl sites for hydroxylation is 2. The van der Waals surface area contributed by atoms with Gasteiger partial charge in [0.2, 0.25) is 0 Å². The lowest BCUT2D eigenvalue weighted by atomic mass is 10.2. The van der Waals surface area contributed by atoms with Gasteiger partial charge in [0.1, 0.15) is 5.69 Å². The highest BCUT2D eigenvalue weighted by Gasteiger charge is 2.33. The van der Waals surface area contributed by atoms with Gasteiger partial charge in [0.05, 0.1) is 16.3 Å². The molecule has 0 fully saturated rings. The number of halogens is 5. The summed E-state index contributed by atoms with van der Waals surface area (Å²) in [7, 11) is 0. The van der Waals surface area contributed by atoms with Crippen LogP contribution in [0.4, 0.5) is 18.9 Å². The largest absolute Gasteiger partial charge is 0.417 e. The van der Waals surface area contributed by atoms with Gasteiger partial charge in [-0.3, -0.25) is 9.20 Å². The monoisotopic (exact) mass is 415 g/mol. The summed E-state index contributed by atoms with van der Waals surface area (Å²) < 4.78 is 40.5. The Morgan fingerprint density at radius 2 is 1.93 bits per heavy atom. The number of hydrogen-bond donors (Lipinski definition) is 1. The highest BCUT2D eigenvalue weighted by Crippen LogP contribution is 2.33. The van der Waals surface area contributed by atoms with E-state index in [0.29, 0.717) is 22.8 Å². The molecule has 1 aromatic carbocycles. The lowest BCUT2D eigenvalue weighted by molar-refractivity contribution is -0.137. The molecule has 27 heavy (non-hydrogen) atoms. The molecule has 4 nitrogen and oxygen atoms in total. The van der Waals surface area contributed by atoms with Gasteiger partial charge in [-0.05, 0) is 37.1 Å². The number of carbonyl (C=O) groups excluding carboxylic acids is 1. The topological polar surface area (TPSA) is 46.4 Å². The van der Waals surface area contributed by atoms with Crippen LogP contribution in [0.15, 0.2) is 30.5 Å². The third-order valence-corrected chi connectivity index (χ3v) is 4.74. The Bertz CT molecular complexity index is 1040. The number of rotatable bonds is 3. The Morgan fingerprint density at radius 1 is 1.22 bits per heavy atom. The third-order valence-electron chi connectivity index (χ3n) is 4.05. The number of anilines is 1. The van der Waals surface area contributed by atoms with Gasteiger partial charge in [0.25, 0.3) is 5.91 Å². The number of alkyl halides is 3. The molecule has 9 heteroatoms. The molecule has 2 heterocycles. The molecule has 1 amide bonds. The van der Waals surface area contributed by atoms with Crippen LogP contribution in [0.3, 0.4) is 0 Å². The van der Waals surface area contributed by atoms with Crippen molar-refractivity contribution in [3.8, 4) is 0 Å². The molecule has 0 aliphatic carbocycles. The Labute approximate surface area is 162 Å². The van der Waals surface area contributed by atoms with Gasteiger partial charge in [-0.1, -0.05) is 36.2 Å². The first-order chi connectivity index (χ1) is 12.6. The SMILES string of the molecule is CCc1nc2c(Cl)cc(C(F)(F)F)cn2c1C(=O)Nc1ccc(C)c(Cl)c1. The minimum absolute atomic E-state index is 0.00259. The molecular formula is C18H14Cl2F3N3O. The maximum Gasteiger partial charge on any atom is 0.417 e. The molecule has 3 rings (SSSR count). The van der Waals surface area contributed by atoms with Crippen molar-refractivity contribution in [2.75, 3.05) is 5.32 Å². The zero-order valence-corrected chi connectivity index (χ0v) is 15.8. The van der Waals surface area contributed by atoms with Crippen molar-refractivity contribution in [2.45, 2.75) is 26.4 Å². The van der Waals surface area contributed by atoms with Gasteiger partial charge in [-0.25, -0.2) is 4.98 Å². The molecule has 142 valence electrons. The fourth-order valence-corrected chi connectivity index (χ4v) is 3.09. The average Bonchev–Trinajstić information content (AvgIpc) is 2.96. The number of carbonyl (C=O) groups is 1. The third kappa shape index (κ3) is 3.75. The lowest BCUT2D eigenvalue weighted by Gasteiger charge is -2.11. The molecule has 0 atom stereocenters. The van der Waals surface area contributed by atoms with E-state index >= 15 is 0 Å². The summed E-state index contributed by atoms with van der Waals surface area (Å²) in [6.45, 7) is 3.56. The number of fused-ring (bicyclic) bond motifs is 1. The van der Waals surface area contributed by atoms with E-state index in [0.717, 1.165) is 22.2 Å². The lowest BCUT2D eigenvalue weighted by Crippen LogP contribution is -2.17. The number of pyridine rings is 1. The first-order valence-electron chi connectivity index (χ1n) is 7.97. The van der Waals surface area contributed by atoms with Crippen LogP contribution in [0.1, 0.15) is 34.2 Å².